The number of rotatable bonds is 5. The van der Waals surface area contributed by atoms with Crippen molar-refractivity contribution in [1.29, 1.82) is 0 Å². The largest absolute Gasteiger partial charge is 0.481 e. The zero-order chi connectivity index (χ0) is 18.1. The molecule has 0 bridgehead atoms. The van der Waals surface area contributed by atoms with Gasteiger partial charge in [-0.2, -0.15) is 0 Å². The third-order valence-electron chi connectivity index (χ3n) is 4.07. The smallest absolute Gasteiger partial charge is 0.322 e. The maximum atomic E-state index is 12.3. The summed E-state index contributed by atoms with van der Waals surface area (Å²) in [7, 11) is 1.53. The molecule has 1 aromatic carbocycles. The highest BCUT2D eigenvalue weighted by molar-refractivity contribution is 6.07. The number of hydrogen-bond donors (Lipinski definition) is 3. The average Bonchev–Trinajstić information content (AvgIpc) is 2.80. The number of carbonyl (C=O) groups excluding carboxylic acids is 3. The number of nitrogens with zero attached hydrogens (tertiary/aromatic N) is 1. The summed E-state index contributed by atoms with van der Waals surface area (Å²) in [6, 6.07) is 5.70. The van der Waals surface area contributed by atoms with Gasteiger partial charge < -0.3 is 15.3 Å². The van der Waals surface area contributed by atoms with E-state index in [0.29, 0.717) is 11.1 Å². The Hall–Kier alpha value is -2.90. The SMILES string of the molecule is C[C@@H](CN(C)C(=O)c1ccc([C@@]2(C)NC(=O)NC2=O)cc1)C(=O)O. The van der Waals surface area contributed by atoms with Crippen LogP contribution in [-0.2, 0) is 15.1 Å². The van der Waals surface area contributed by atoms with Crippen LogP contribution >= 0.6 is 0 Å². The fraction of sp³-hybridized carbons (Fsp3) is 0.375. The molecule has 1 heterocycles. The Kier molecular flexibility index (Phi) is 4.59. The molecule has 128 valence electrons. The molecule has 4 amide bonds. The van der Waals surface area contributed by atoms with Crippen LogP contribution in [0.1, 0.15) is 29.8 Å². The summed E-state index contributed by atoms with van der Waals surface area (Å²) in [5.74, 6) is -2.42. The highest BCUT2D eigenvalue weighted by Crippen LogP contribution is 2.24. The lowest BCUT2D eigenvalue weighted by molar-refractivity contribution is -0.141. The highest BCUT2D eigenvalue weighted by Gasteiger charge is 2.43. The first-order valence-electron chi connectivity index (χ1n) is 7.37. The van der Waals surface area contributed by atoms with E-state index in [0.717, 1.165) is 0 Å². The minimum absolute atomic E-state index is 0.0894. The van der Waals surface area contributed by atoms with E-state index in [2.05, 4.69) is 10.6 Å². The number of urea groups is 1. The third kappa shape index (κ3) is 3.22. The molecule has 0 radical (unpaired) electrons. The number of nitrogens with one attached hydrogen (secondary N) is 2. The summed E-state index contributed by atoms with van der Waals surface area (Å²) in [4.78, 5) is 47.7. The second-order valence-electron chi connectivity index (χ2n) is 6.04. The molecular formula is C16H19N3O5. The topological polar surface area (TPSA) is 116 Å². The number of hydrogen-bond acceptors (Lipinski definition) is 4. The van der Waals surface area contributed by atoms with Gasteiger partial charge in [-0.15, -0.1) is 0 Å². The van der Waals surface area contributed by atoms with Gasteiger partial charge in [-0.05, 0) is 24.6 Å². The van der Waals surface area contributed by atoms with Crippen molar-refractivity contribution in [3.63, 3.8) is 0 Å². The number of imide groups is 1. The van der Waals surface area contributed by atoms with Gasteiger partial charge in [0.05, 0.1) is 5.92 Å². The minimum atomic E-state index is -1.18. The number of aliphatic carboxylic acids is 1. The van der Waals surface area contributed by atoms with Crippen molar-refractivity contribution >= 4 is 23.8 Å². The van der Waals surface area contributed by atoms with Crippen LogP contribution in [0.15, 0.2) is 24.3 Å². The lowest BCUT2D eigenvalue weighted by Crippen LogP contribution is -2.40. The number of carbonyl (C=O) groups is 4. The fourth-order valence-electron chi connectivity index (χ4n) is 2.48. The molecule has 0 unspecified atom stereocenters. The second-order valence-corrected chi connectivity index (χ2v) is 6.04. The molecule has 1 fully saturated rings. The molecule has 2 atom stereocenters. The van der Waals surface area contributed by atoms with E-state index < -0.39 is 29.4 Å². The predicted molar refractivity (Wildman–Crippen MR) is 84.2 cm³/mol. The van der Waals surface area contributed by atoms with Gasteiger partial charge in [0.15, 0.2) is 0 Å². The third-order valence-corrected chi connectivity index (χ3v) is 4.07. The van der Waals surface area contributed by atoms with Crippen LogP contribution in [0.4, 0.5) is 4.79 Å². The van der Waals surface area contributed by atoms with E-state index in [9.17, 15) is 19.2 Å². The van der Waals surface area contributed by atoms with E-state index >= 15 is 0 Å². The Labute approximate surface area is 138 Å². The molecule has 8 nitrogen and oxygen atoms in total. The van der Waals surface area contributed by atoms with Crippen LogP contribution in [0.2, 0.25) is 0 Å². The zero-order valence-corrected chi connectivity index (χ0v) is 13.6. The molecule has 3 N–H and O–H groups in total. The van der Waals surface area contributed by atoms with E-state index in [1.54, 1.807) is 31.2 Å². The van der Waals surface area contributed by atoms with Crippen molar-refractivity contribution in [3.8, 4) is 0 Å². The molecule has 8 heteroatoms. The van der Waals surface area contributed by atoms with Crippen LogP contribution in [0, 0.1) is 5.92 Å². The maximum absolute atomic E-state index is 12.3. The molecule has 1 aliphatic heterocycles. The Morgan fingerprint density at radius 2 is 1.83 bits per heavy atom. The Bertz CT molecular complexity index is 700. The van der Waals surface area contributed by atoms with Crippen molar-refractivity contribution in [2.75, 3.05) is 13.6 Å². The normalized spacial score (nSPS) is 21.0. The van der Waals surface area contributed by atoms with Gasteiger partial charge in [0.25, 0.3) is 11.8 Å². The molecule has 1 saturated heterocycles. The van der Waals surface area contributed by atoms with Gasteiger partial charge in [-0.3, -0.25) is 19.7 Å². The second kappa shape index (κ2) is 6.31. The van der Waals surface area contributed by atoms with E-state index in [1.165, 1.54) is 18.9 Å². The number of carboxylic acid groups (broad SMARTS) is 1. The zero-order valence-electron chi connectivity index (χ0n) is 13.6. The van der Waals surface area contributed by atoms with Crippen LogP contribution in [0.25, 0.3) is 0 Å². The fourth-order valence-corrected chi connectivity index (χ4v) is 2.48. The average molecular weight is 333 g/mol. The molecule has 0 spiro atoms. The standard InChI is InChI=1S/C16H19N3O5/c1-9(13(21)22)8-19(3)12(20)10-4-6-11(7-5-10)16(2)14(23)17-15(24)18-16/h4-7,9H,8H2,1-3H3,(H,21,22)(H2,17,18,23,24)/t9-,16+/m0/s1. The quantitative estimate of drug-likeness (QED) is 0.680. The summed E-state index contributed by atoms with van der Waals surface area (Å²) in [6.07, 6.45) is 0. The van der Waals surface area contributed by atoms with Crippen LogP contribution in [-0.4, -0.2) is 47.4 Å². The number of carboxylic acids is 1. The van der Waals surface area contributed by atoms with Crippen LogP contribution in [0.5, 0.6) is 0 Å². The van der Waals surface area contributed by atoms with Crippen molar-refractivity contribution < 1.29 is 24.3 Å². The molecule has 0 aromatic heterocycles. The van der Waals surface area contributed by atoms with Gasteiger partial charge in [0.2, 0.25) is 0 Å². The first-order valence-corrected chi connectivity index (χ1v) is 7.37. The molecule has 24 heavy (non-hydrogen) atoms. The summed E-state index contributed by atoms with van der Waals surface area (Å²) < 4.78 is 0. The number of benzene rings is 1. The molecular weight excluding hydrogens is 314 g/mol. The highest BCUT2D eigenvalue weighted by atomic mass is 16.4. The predicted octanol–water partition coefficient (Wildman–Crippen LogP) is 0.534. The van der Waals surface area contributed by atoms with Gasteiger partial charge in [0, 0.05) is 19.2 Å². The number of amides is 4. The van der Waals surface area contributed by atoms with E-state index in [-0.39, 0.29) is 12.5 Å². The van der Waals surface area contributed by atoms with Gasteiger partial charge in [-0.25, -0.2) is 4.79 Å². The Morgan fingerprint density at radius 1 is 1.25 bits per heavy atom. The van der Waals surface area contributed by atoms with Crippen molar-refractivity contribution in [1.82, 2.24) is 15.5 Å². The summed E-state index contributed by atoms with van der Waals surface area (Å²) >= 11 is 0. The molecule has 1 aromatic rings. The summed E-state index contributed by atoms with van der Waals surface area (Å²) in [6.45, 7) is 3.19. The molecule has 2 rings (SSSR count). The Balaban J connectivity index is 2.14. The Morgan fingerprint density at radius 3 is 2.29 bits per heavy atom. The van der Waals surface area contributed by atoms with Crippen molar-refractivity contribution in [2.45, 2.75) is 19.4 Å². The monoisotopic (exact) mass is 333 g/mol. The van der Waals surface area contributed by atoms with Gasteiger partial charge >= 0.3 is 12.0 Å². The summed E-state index contributed by atoms with van der Waals surface area (Å²) in [5, 5.41) is 13.6. The van der Waals surface area contributed by atoms with Crippen molar-refractivity contribution in [3.05, 3.63) is 35.4 Å². The lowest BCUT2D eigenvalue weighted by Gasteiger charge is -2.22. The molecule has 1 aliphatic rings. The first kappa shape index (κ1) is 17.5. The molecule has 0 aliphatic carbocycles. The molecule has 0 saturated carbocycles. The minimum Gasteiger partial charge on any atom is -0.481 e. The van der Waals surface area contributed by atoms with E-state index in [1.807, 2.05) is 0 Å². The maximum Gasteiger partial charge on any atom is 0.322 e. The van der Waals surface area contributed by atoms with Crippen LogP contribution in [0.3, 0.4) is 0 Å². The summed E-state index contributed by atoms with van der Waals surface area (Å²) in [5.41, 5.74) is -0.265. The van der Waals surface area contributed by atoms with Crippen LogP contribution < -0.4 is 10.6 Å². The first-order chi connectivity index (χ1) is 11.1. The van der Waals surface area contributed by atoms with Gasteiger partial charge in [-0.1, -0.05) is 19.1 Å². The van der Waals surface area contributed by atoms with Gasteiger partial charge in [0.1, 0.15) is 5.54 Å². The van der Waals surface area contributed by atoms with Crippen molar-refractivity contribution in [2.24, 2.45) is 5.92 Å². The lowest BCUT2D eigenvalue weighted by atomic mass is 9.91. The van der Waals surface area contributed by atoms with E-state index in [4.69, 9.17) is 5.11 Å².